The molecule has 1 heterocycles. The highest BCUT2D eigenvalue weighted by atomic mass is 16.5. The van der Waals surface area contributed by atoms with Crippen LogP contribution in [0.1, 0.15) is 36.7 Å². The summed E-state index contributed by atoms with van der Waals surface area (Å²) >= 11 is 0. The number of carbonyl (C=O) groups excluding carboxylic acids is 1. The first-order valence-electron chi connectivity index (χ1n) is 9.13. The molecule has 2 aromatic carbocycles. The Bertz CT molecular complexity index is 943. The Hall–Kier alpha value is -3.34. The first kappa shape index (κ1) is 19.4. The Kier molecular flexibility index (Phi) is 5.64. The number of nitrogens with one attached hydrogen (secondary N) is 2. The summed E-state index contributed by atoms with van der Waals surface area (Å²) in [6.45, 7) is 6.48. The van der Waals surface area contributed by atoms with Crippen LogP contribution in [-0.2, 0) is 5.41 Å². The molecule has 1 amide bonds. The highest BCUT2D eigenvalue weighted by molar-refractivity contribution is 6.04. The van der Waals surface area contributed by atoms with Gasteiger partial charge in [-0.3, -0.25) is 9.78 Å². The predicted octanol–water partition coefficient (Wildman–Crippen LogP) is 5.38. The fourth-order valence-electron chi connectivity index (χ4n) is 2.73. The third-order valence-electron chi connectivity index (χ3n) is 4.39. The smallest absolute Gasteiger partial charge is 0.257 e. The minimum atomic E-state index is -0.200. The zero-order valence-corrected chi connectivity index (χ0v) is 16.6. The van der Waals surface area contributed by atoms with E-state index in [0.717, 1.165) is 22.8 Å². The lowest BCUT2D eigenvalue weighted by Crippen LogP contribution is -2.14. The number of hydrogen-bond donors (Lipinski definition) is 2. The van der Waals surface area contributed by atoms with E-state index in [2.05, 4.69) is 36.4 Å². The number of amides is 1. The second-order valence-electron chi connectivity index (χ2n) is 7.60. The highest BCUT2D eigenvalue weighted by Gasteiger charge is 2.13. The number of methoxy groups -OCH3 is 1. The molecule has 0 aliphatic rings. The molecule has 0 saturated heterocycles. The van der Waals surface area contributed by atoms with Gasteiger partial charge in [0.1, 0.15) is 5.75 Å². The van der Waals surface area contributed by atoms with Crippen molar-refractivity contribution in [3.8, 4) is 5.75 Å². The molecule has 0 aliphatic carbocycles. The summed E-state index contributed by atoms with van der Waals surface area (Å²) in [5, 5.41) is 6.16. The Morgan fingerprint density at radius 1 is 0.893 bits per heavy atom. The average Bonchev–Trinajstić information content (AvgIpc) is 2.68. The second-order valence-corrected chi connectivity index (χ2v) is 7.60. The molecule has 0 aliphatic heterocycles. The third-order valence-corrected chi connectivity index (χ3v) is 4.39. The molecule has 5 nitrogen and oxygen atoms in total. The molecule has 3 aromatic rings. The largest absolute Gasteiger partial charge is 0.497 e. The molecule has 3 rings (SSSR count). The van der Waals surface area contributed by atoms with Crippen LogP contribution in [0.3, 0.4) is 0 Å². The van der Waals surface area contributed by atoms with Gasteiger partial charge in [-0.05, 0) is 53.4 Å². The predicted molar refractivity (Wildman–Crippen MR) is 114 cm³/mol. The van der Waals surface area contributed by atoms with E-state index in [9.17, 15) is 4.79 Å². The number of carbonyl (C=O) groups is 1. The molecule has 0 fully saturated rings. The Balaban J connectivity index is 1.69. The van der Waals surface area contributed by atoms with Crippen LogP contribution in [0.2, 0.25) is 0 Å². The zero-order valence-electron chi connectivity index (χ0n) is 16.6. The number of hydrogen-bond acceptors (Lipinski definition) is 4. The van der Waals surface area contributed by atoms with Crippen molar-refractivity contribution in [3.05, 3.63) is 78.1 Å². The molecule has 0 atom stereocenters. The summed E-state index contributed by atoms with van der Waals surface area (Å²) in [7, 11) is 1.63. The molecule has 1 aromatic heterocycles. The fourth-order valence-corrected chi connectivity index (χ4v) is 2.73. The minimum absolute atomic E-state index is 0.0773. The molecular formula is C23H25N3O2. The maximum atomic E-state index is 12.6. The van der Waals surface area contributed by atoms with E-state index in [1.807, 2.05) is 48.5 Å². The number of anilines is 3. The van der Waals surface area contributed by atoms with Crippen molar-refractivity contribution >= 4 is 23.0 Å². The molecule has 2 N–H and O–H groups in total. The number of nitrogens with zero attached hydrogens (tertiary/aromatic N) is 1. The normalized spacial score (nSPS) is 11.0. The summed E-state index contributed by atoms with van der Waals surface area (Å²) in [5.74, 6) is 0.587. The van der Waals surface area contributed by atoms with Gasteiger partial charge in [0.2, 0.25) is 0 Å². The minimum Gasteiger partial charge on any atom is -0.497 e. The van der Waals surface area contributed by atoms with Gasteiger partial charge in [0.25, 0.3) is 5.91 Å². The Labute approximate surface area is 165 Å². The van der Waals surface area contributed by atoms with Crippen LogP contribution < -0.4 is 15.4 Å². The van der Waals surface area contributed by atoms with Gasteiger partial charge in [-0.1, -0.05) is 32.9 Å². The summed E-state index contributed by atoms with van der Waals surface area (Å²) in [5.41, 5.74) is 4.16. The SMILES string of the molecule is COc1ccc(Nc2cncc(C(=O)Nc3ccc(C(C)(C)C)cc3)c2)cc1. The van der Waals surface area contributed by atoms with Crippen molar-refractivity contribution in [1.82, 2.24) is 4.98 Å². The van der Waals surface area contributed by atoms with Crippen molar-refractivity contribution in [3.63, 3.8) is 0 Å². The summed E-state index contributed by atoms with van der Waals surface area (Å²) in [6, 6.07) is 17.2. The van der Waals surface area contributed by atoms with Crippen molar-refractivity contribution in [2.45, 2.75) is 26.2 Å². The Morgan fingerprint density at radius 2 is 1.54 bits per heavy atom. The molecule has 144 valence electrons. The topological polar surface area (TPSA) is 63.2 Å². The lowest BCUT2D eigenvalue weighted by atomic mass is 9.87. The maximum Gasteiger partial charge on any atom is 0.257 e. The first-order chi connectivity index (χ1) is 13.3. The highest BCUT2D eigenvalue weighted by Crippen LogP contribution is 2.24. The lowest BCUT2D eigenvalue weighted by Gasteiger charge is -2.19. The van der Waals surface area contributed by atoms with Crippen LogP contribution in [0.4, 0.5) is 17.1 Å². The molecule has 0 radical (unpaired) electrons. The van der Waals surface area contributed by atoms with E-state index in [4.69, 9.17) is 4.74 Å². The van der Waals surface area contributed by atoms with Crippen molar-refractivity contribution in [2.75, 3.05) is 17.7 Å². The maximum absolute atomic E-state index is 12.6. The van der Waals surface area contributed by atoms with Crippen LogP contribution in [0.15, 0.2) is 67.0 Å². The summed E-state index contributed by atoms with van der Waals surface area (Å²) in [6.07, 6.45) is 3.23. The van der Waals surface area contributed by atoms with Gasteiger partial charge in [-0.25, -0.2) is 0 Å². The standard InChI is InChI=1S/C23H25N3O2/c1-23(2,3)17-5-7-19(8-6-17)26-22(27)16-13-20(15-24-14-16)25-18-9-11-21(28-4)12-10-18/h5-15,25H,1-4H3,(H,26,27). The first-order valence-corrected chi connectivity index (χ1v) is 9.13. The van der Waals surface area contributed by atoms with Crippen LogP contribution in [0, 0.1) is 0 Å². The van der Waals surface area contributed by atoms with Gasteiger partial charge >= 0.3 is 0 Å². The number of rotatable bonds is 5. The van der Waals surface area contributed by atoms with Crippen molar-refractivity contribution in [1.29, 1.82) is 0 Å². The van der Waals surface area contributed by atoms with Crippen LogP contribution >= 0.6 is 0 Å². The molecule has 0 spiro atoms. The molecule has 0 unspecified atom stereocenters. The van der Waals surface area contributed by atoms with E-state index in [1.54, 1.807) is 25.6 Å². The van der Waals surface area contributed by atoms with Gasteiger partial charge in [-0.15, -0.1) is 0 Å². The van der Waals surface area contributed by atoms with Crippen LogP contribution in [0.5, 0.6) is 5.75 Å². The zero-order chi connectivity index (χ0) is 20.1. The number of aromatic nitrogens is 1. The van der Waals surface area contributed by atoms with E-state index in [-0.39, 0.29) is 11.3 Å². The van der Waals surface area contributed by atoms with E-state index >= 15 is 0 Å². The van der Waals surface area contributed by atoms with Crippen molar-refractivity contribution < 1.29 is 9.53 Å². The second kappa shape index (κ2) is 8.13. The van der Waals surface area contributed by atoms with E-state index < -0.39 is 0 Å². The third kappa shape index (κ3) is 4.88. The Morgan fingerprint density at radius 3 is 2.14 bits per heavy atom. The molecule has 28 heavy (non-hydrogen) atoms. The van der Waals surface area contributed by atoms with Crippen LogP contribution in [-0.4, -0.2) is 18.0 Å². The molecular weight excluding hydrogens is 350 g/mol. The van der Waals surface area contributed by atoms with Crippen LogP contribution in [0.25, 0.3) is 0 Å². The summed E-state index contributed by atoms with van der Waals surface area (Å²) in [4.78, 5) is 16.8. The lowest BCUT2D eigenvalue weighted by molar-refractivity contribution is 0.102. The van der Waals surface area contributed by atoms with E-state index in [0.29, 0.717) is 5.56 Å². The average molecular weight is 375 g/mol. The summed E-state index contributed by atoms with van der Waals surface area (Å²) < 4.78 is 5.16. The monoisotopic (exact) mass is 375 g/mol. The molecule has 0 bridgehead atoms. The van der Waals surface area contributed by atoms with Gasteiger partial charge in [0, 0.05) is 17.6 Å². The van der Waals surface area contributed by atoms with Crippen molar-refractivity contribution in [2.24, 2.45) is 0 Å². The fraction of sp³-hybridized carbons (Fsp3) is 0.217. The van der Waals surface area contributed by atoms with Gasteiger partial charge in [0.05, 0.1) is 24.6 Å². The number of benzene rings is 2. The number of pyridine rings is 1. The van der Waals surface area contributed by atoms with Gasteiger partial charge in [0.15, 0.2) is 0 Å². The molecule has 0 saturated carbocycles. The molecule has 5 heteroatoms. The van der Waals surface area contributed by atoms with Gasteiger partial charge < -0.3 is 15.4 Å². The quantitative estimate of drug-likeness (QED) is 0.628. The number of ether oxygens (including phenoxy) is 1. The van der Waals surface area contributed by atoms with E-state index in [1.165, 1.54) is 5.56 Å². The van der Waals surface area contributed by atoms with Gasteiger partial charge in [-0.2, -0.15) is 0 Å².